The summed E-state index contributed by atoms with van der Waals surface area (Å²) in [5.41, 5.74) is 4.33. The van der Waals surface area contributed by atoms with Crippen molar-refractivity contribution in [2.24, 2.45) is 5.41 Å². The summed E-state index contributed by atoms with van der Waals surface area (Å²) >= 11 is 0. The van der Waals surface area contributed by atoms with E-state index in [-0.39, 0.29) is 35.7 Å². The molecular formula is C34H48F2N4O2. The van der Waals surface area contributed by atoms with Crippen LogP contribution in [-0.4, -0.2) is 73.1 Å². The van der Waals surface area contributed by atoms with E-state index in [1.54, 1.807) is 0 Å². The zero-order valence-electron chi connectivity index (χ0n) is 26.4. The van der Waals surface area contributed by atoms with Crippen LogP contribution in [0.1, 0.15) is 88.2 Å². The van der Waals surface area contributed by atoms with Crippen LogP contribution in [0.25, 0.3) is 0 Å². The number of ether oxygens (including phenoxy) is 1. The largest absolute Gasteiger partial charge is 0.469 e. The van der Waals surface area contributed by atoms with Crippen LogP contribution in [-0.2, 0) is 33.3 Å². The zero-order valence-corrected chi connectivity index (χ0v) is 26.4. The van der Waals surface area contributed by atoms with Crippen LogP contribution >= 0.6 is 0 Å². The van der Waals surface area contributed by atoms with Crippen LogP contribution in [0.15, 0.2) is 30.3 Å². The van der Waals surface area contributed by atoms with Gasteiger partial charge in [0.05, 0.1) is 31.2 Å². The van der Waals surface area contributed by atoms with Gasteiger partial charge in [0, 0.05) is 45.2 Å². The van der Waals surface area contributed by atoms with Gasteiger partial charge in [-0.2, -0.15) is 0 Å². The number of pyridine rings is 1. The number of alkyl halides is 2. The van der Waals surface area contributed by atoms with Crippen LogP contribution in [0.4, 0.5) is 14.6 Å². The predicted octanol–water partition coefficient (Wildman–Crippen LogP) is 6.13. The number of likely N-dealkylation sites (tertiary alicyclic amines) is 2. The van der Waals surface area contributed by atoms with Gasteiger partial charge < -0.3 is 15.0 Å². The second-order valence-electron chi connectivity index (χ2n) is 15.0. The standard InChI is InChI=1S/C34H48F2N4O2/c1-31(2,3)26-13-24(14-27(16-26)32(4,5)6)25(15-29(41)42-7)17-39-19-33(20-39)21-40(22-34(33,35)36)18-28-11-10-23-9-8-12-37-30(23)38-28/h10-11,13-14,16,25H,8-9,12,15,17-22H2,1-7H3,(H,37,38)/t25-/m1/s1. The van der Waals surface area contributed by atoms with Gasteiger partial charge in [-0.3, -0.25) is 9.69 Å². The summed E-state index contributed by atoms with van der Waals surface area (Å²) in [6, 6.07) is 10.7. The van der Waals surface area contributed by atoms with E-state index >= 15 is 8.78 Å². The Bertz CT molecular complexity index is 1280. The Kier molecular flexibility index (Phi) is 8.20. The lowest BCUT2D eigenvalue weighted by molar-refractivity contribution is -0.158. The minimum absolute atomic E-state index is 0.0645. The number of esters is 1. The minimum Gasteiger partial charge on any atom is -0.469 e. The number of benzene rings is 1. The van der Waals surface area contributed by atoms with E-state index in [4.69, 9.17) is 9.72 Å². The highest BCUT2D eigenvalue weighted by molar-refractivity contribution is 5.70. The number of rotatable bonds is 7. The molecule has 6 nitrogen and oxygen atoms in total. The SMILES string of the molecule is COC(=O)C[C@H](CN1CC2(CN(Cc3ccc4c(n3)NCCC4)CC2(F)F)C1)c1cc(C(C)(C)C)cc(C(C)(C)C)c1. The van der Waals surface area contributed by atoms with Crippen LogP contribution in [0.5, 0.6) is 0 Å². The van der Waals surface area contributed by atoms with Crippen molar-refractivity contribution in [2.45, 2.75) is 90.0 Å². The molecule has 0 unspecified atom stereocenters. The van der Waals surface area contributed by atoms with E-state index < -0.39 is 11.3 Å². The van der Waals surface area contributed by atoms with Gasteiger partial charge in [0.2, 0.25) is 0 Å². The van der Waals surface area contributed by atoms with Gasteiger partial charge in [0.1, 0.15) is 5.82 Å². The summed E-state index contributed by atoms with van der Waals surface area (Å²) in [6.07, 6.45) is 2.31. The first-order valence-corrected chi connectivity index (χ1v) is 15.4. The predicted molar refractivity (Wildman–Crippen MR) is 163 cm³/mol. The Morgan fingerprint density at radius 3 is 2.26 bits per heavy atom. The molecule has 230 valence electrons. The highest BCUT2D eigenvalue weighted by atomic mass is 19.3. The molecule has 3 aliphatic heterocycles. The van der Waals surface area contributed by atoms with Gasteiger partial charge in [-0.15, -0.1) is 0 Å². The van der Waals surface area contributed by atoms with Crippen LogP contribution in [0.2, 0.25) is 0 Å². The molecule has 0 saturated carbocycles. The first-order valence-electron chi connectivity index (χ1n) is 15.4. The zero-order chi connectivity index (χ0) is 30.5. The van der Waals surface area contributed by atoms with E-state index in [0.29, 0.717) is 32.7 Å². The van der Waals surface area contributed by atoms with Crippen molar-refractivity contribution >= 4 is 11.8 Å². The summed E-state index contributed by atoms with van der Waals surface area (Å²) in [5, 5.41) is 3.34. The lowest BCUT2D eigenvalue weighted by Gasteiger charge is -2.51. The molecule has 1 aromatic heterocycles. The van der Waals surface area contributed by atoms with E-state index in [9.17, 15) is 4.79 Å². The maximum absolute atomic E-state index is 15.6. The number of nitrogens with one attached hydrogen (secondary N) is 1. The Morgan fingerprint density at radius 1 is 1.00 bits per heavy atom. The van der Waals surface area contributed by atoms with Crippen LogP contribution in [0.3, 0.4) is 0 Å². The maximum atomic E-state index is 15.6. The molecule has 2 saturated heterocycles. The molecule has 4 heterocycles. The second-order valence-corrected chi connectivity index (χ2v) is 15.0. The molecule has 0 bridgehead atoms. The molecule has 1 spiro atoms. The smallest absolute Gasteiger partial charge is 0.306 e. The van der Waals surface area contributed by atoms with Gasteiger partial charge >= 0.3 is 5.97 Å². The summed E-state index contributed by atoms with van der Waals surface area (Å²) in [5.74, 6) is -2.30. The highest BCUT2D eigenvalue weighted by Crippen LogP contribution is 2.51. The van der Waals surface area contributed by atoms with Gasteiger partial charge in [-0.25, -0.2) is 13.8 Å². The molecule has 0 radical (unpaired) electrons. The fourth-order valence-electron chi connectivity index (χ4n) is 6.75. The molecule has 8 heteroatoms. The monoisotopic (exact) mass is 582 g/mol. The topological polar surface area (TPSA) is 57.7 Å². The quantitative estimate of drug-likeness (QED) is 0.396. The second kappa shape index (κ2) is 11.2. The number of nitrogens with zero attached hydrogens (tertiary/aromatic N) is 3. The van der Waals surface area contributed by atoms with E-state index in [1.165, 1.54) is 23.8 Å². The Hall–Kier alpha value is -2.58. The molecule has 2 fully saturated rings. The maximum Gasteiger partial charge on any atom is 0.306 e. The van der Waals surface area contributed by atoms with Crippen molar-refractivity contribution < 1.29 is 18.3 Å². The molecule has 5 rings (SSSR count). The molecular weight excluding hydrogens is 534 g/mol. The molecule has 3 aliphatic rings. The number of aryl methyl sites for hydroxylation is 1. The Morgan fingerprint density at radius 2 is 1.64 bits per heavy atom. The van der Waals surface area contributed by atoms with Gasteiger partial charge in [0.15, 0.2) is 0 Å². The number of methoxy groups -OCH3 is 1. The van der Waals surface area contributed by atoms with Gasteiger partial charge in [0.25, 0.3) is 5.92 Å². The average molecular weight is 583 g/mol. The molecule has 42 heavy (non-hydrogen) atoms. The number of halogens is 2. The van der Waals surface area contributed by atoms with Crippen molar-refractivity contribution in [3.05, 3.63) is 58.3 Å². The third kappa shape index (κ3) is 6.35. The van der Waals surface area contributed by atoms with Gasteiger partial charge in [-0.1, -0.05) is 65.8 Å². The third-order valence-electron chi connectivity index (χ3n) is 9.39. The van der Waals surface area contributed by atoms with Crippen molar-refractivity contribution in [2.75, 3.05) is 51.7 Å². The highest BCUT2D eigenvalue weighted by Gasteiger charge is 2.65. The minimum atomic E-state index is -2.78. The van der Waals surface area contributed by atoms with E-state index in [1.807, 2.05) is 11.0 Å². The number of carbonyl (C=O) groups excluding carboxylic acids is 1. The lowest BCUT2D eigenvalue weighted by atomic mass is 9.74. The number of aromatic nitrogens is 1. The summed E-state index contributed by atoms with van der Waals surface area (Å²) in [6.45, 7) is 15.8. The Balaban J connectivity index is 1.31. The molecule has 1 N–H and O–H groups in total. The van der Waals surface area contributed by atoms with Gasteiger partial charge in [-0.05, 0) is 52.0 Å². The fraction of sp³-hybridized carbons (Fsp3) is 0.647. The van der Waals surface area contributed by atoms with Crippen molar-refractivity contribution in [3.8, 4) is 0 Å². The number of carbonyl (C=O) groups is 1. The third-order valence-corrected chi connectivity index (χ3v) is 9.39. The Labute approximate surface area is 250 Å². The summed E-state index contributed by atoms with van der Waals surface area (Å²) < 4.78 is 36.2. The molecule has 1 aromatic carbocycles. The first kappa shape index (κ1) is 30.9. The van der Waals surface area contributed by atoms with Crippen LogP contribution in [0, 0.1) is 5.41 Å². The molecule has 0 amide bonds. The molecule has 2 aromatic rings. The molecule has 0 aliphatic carbocycles. The summed E-state index contributed by atoms with van der Waals surface area (Å²) in [4.78, 5) is 21.2. The number of hydrogen-bond acceptors (Lipinski definition) is 6. The number of fused-ring (bicyclic) bond motifs is 1. The summed E-state index contributed by atoms with van der Waals surface area (Å²) in [7, 11) is 1.41. The number of hydrogen-bond donors (Lipinski definition) is 1. The van der Waals surface area contributed by atoms with E-state index in [0.717, 1.165) is 36.5 Å². The fourth-order valence-corrected chi connectivity index (χ4v) is 6.75. The lowest BCUT2D eigenvalue weighted by Crippen LogP contribution is -2.65. The molecule has 1 atom stereocenters. The normalized spacial score (nSPS) is 21.0. The number of anilines is 1. The van der Waals surface area contributed by atoms with Crippen molar-refractivity contribution in [3.63, 3.8) is 0 Å². The average Bonchev–Trinajstić information content (AvgIpc) is 3.15. The van der Waals surface area contributed by atoms with Crippen molar-refractivity contribution in [1.82, 2.24) is 14.8 Å². The van der Waals surface area contributed by atoms with Crippen LogP contribution < -0.4 is 5.32 Å². The van der Waals surface area contributed by atoms with Crippen molar-refractivity contribution in [1.29, 1.82) is 0 Å². The first-order chi connectivity index (χ1) is 19.6. The van der Waals surface area contributed by atoms with E-state index in [2.05, 4.69) is 76.0 Å².